The Morgan fingerprint density at radius 2 is 2.00 bits per heavy atom. The second-order valence-corrected chi connectivity index (χ2v) is 5.06. The van der Waals surface area contributed by atoms with E-state index in [2.05, 4.69) is 18.7 Å². The maximum Gasteiger partial charge on any atom is 0.127 e. The lowest BCUT2D eigenvalue weighted by molar-refractivity contribution is 0.110. The Kier molecular flexibility index (Phi) is 7.73. The number of methoxy groups -OCH3 is 1. The van der Waals surface area contributed by atoms with Gasteiger partial charge in [-0.3, -0.25) is 4.90 Å². The Balaban J connectivity index is 2.82. The Bertz CT molecular complexity index is 394. The van der Waals surface area contributed by atoms with Gasteiger partial charge in [0.25, 0.3) is 0 Å². The molecule has 0 atom stereocenters. The highest BCUT2D eigenvalue weighted by Crippen LogP contribution is 2.16. The van der Waals surface area contributed by atoms with Gasteiger partial charge in [-0.25, -0.2) is 4.39 Å². The lowest BCUT2D eigenvalue weighted by Gasteiger charge is -2.30. The Morgan fingerprint density at radius 3 is 2.55 bits per heavy atom. The standard InChI is InChI=1S/C16H27FN2O/c1-4-15(5-2)19(8-9-20-3)12-13-6-7-16(17)14(10-13)11-18/h6-7,10,15H,4-5,8-9,11-12,18H2,1-3H3. The predicted octanol–water partition coefficient (Wildman–Crippen LogP) is 2.92. The lowest BCUT2D eigenvalue weighted by Crippen LogP contribution is -2.36. The van der Waals surface area contributed by atoms with Gasteiger partial charge in [0.1, 0.15) is 5.82 Å². The molecule has 0 heterocycles. The SMILES string of the molecule is CCC(CC)N(CCOC)Cc1ccc(F)c(CN)c1. The highest BCUT2D eigenvalue weighted by Gasteiger charge is 2.15. The predicted molar refractivity (Wildman–Crippen MR) is 80.9 cm³/mol. The summed E-state index contributed by atoms with van der Waals surface area (Å²) in [5, 5.41) is 0. The number of ether oxygens (including phenoxy) is 1. The topological polar surface area (TPSA) is 38.5 Å². The third kappa shape index (κ3) is 4.85. The van der Waals surface area contributed by atoms with E-state index in [-0.39, 0.29) is 12.4 Å². The van der Waals surface area contributed by atoms with Crippen LogP contribution < -0.4 is 5.73 Å². The van der Waals surface area contributed by atoms with Gasteiger partial charge in [-0.2, -0.15) is 0 Å². The molecule has 0 aliphatic rings. The summed E-state index contributed by atoms with van der Waals surface area (Å²) < 4.78 is 18.7. The summed E-state index contributed by atoms with van der Waals surface area (Å²) in [6, 6.07) is 5.75. The highest BCUT2D eigenvalue weighted by atomic mass is 19.1. The molecule has 4 heteroatoms. The third-order valence-corrected chi connectivity index (χ3v) is 3.76. The van der Waals surface area contributed by atoms with E-state index in [1.54, 1.807) is 7.11 Å². The van der Waals surface area contributed by atoms with Crippen molar-refractivity contribution in [3.05, 3.63) is 35.1 Å². The summed E-state index contributed by atoms with van der Waals surface area (Å²) in [7, 11) is 1.72. The van der Waals surface area contributed by atoms with Crippen molar-refractivity contribution in [2.24, 2.45) is 5.73 Å². The van der Waals surface area contributed by atoms with Crippen LogP contribution in [0.2, 0.25) is 0 Å². The molecule has 1 aromatic rings. The quantitative estimate of drug-likeness (QED) is 0.757. The van der Waals surface area contributed by atoms with Crippen LogP contribution in [0.4, 0.5) is 4.39 Å². The molecular weight excluding hydrogens is 255 g/mol. The summed E-state index contributed by atoms with van der Waals surface area (Å²) in [6.45, 7) is 7.04. The summed E-state index contributed by atoms with van der Waals surface area (Å²) in [5.41, 5.74) is 7.26. The van der Waals surface area contributed by atoms with E-state index in [0.717, 1.165) is 31.5 Å². The molecule has 0 unspecified atom stereocenters. The van der Waals surface area contributed by atoms with Gasteiger partial charge >= 0.3 is 0 Å². The minimum Gasteiger partial charge on any atom is -0.383 e. The van der Waals surface area contributed by atoms with Crippen LogP contribution in [-0.4, -0.2) is 31.2 Å². The smallest absolute Gasteiger partial charge is 0.127 e. The Hall–Kier alpha value is -0.970. The monoisotopic (exact) mass is 282 g/mol. The second kappa shape index (κ2) is 9.06. The van der Waals surface area contributed by atoms with Gasteiger partial charge in [0.15, 0.2) is 0 Å². The number of hydrogen-bond acceptors (Lipinski definition) is 3. The Labute approximate surface area is 121 Å². The van der Waals surface area contributed by atoms with Crippen molar-refractivity contribution in [2.45, 2.75) is 45.8 Å². The molecule has 0 saturated carbocycles. The van der Waals surface area contributed by atoms with Crippen LogP contribution in [0.15, 0.2) is 18.2 Å². The zero-order chi connectivity index (χ0) is 15.0. The van der Waals surface area contributed by atoms with E-state index in [4.69, 9.17) is 10.5 Å². The van der Waals surface area contributed by atoms with Crippen molar-refractivity contribution in [3.8, 4) is 0 Å². The fourth-order valence-corrected chi connectivity index (χ4v) is 2.52. The van der Waals surface area contributed by atoms with E-state index >= 15 is 0 Å². The minimum absolute atomic E-state index is 0.220. The first-order chi connectivity index (χ1) is 9.65. The number of benzene rings is 1. The van der Waals surface area contributed by atoms with Gasteiger partial charge in [-0.05, 0) is 24.5 Å². The first-order valence-corrected chi connectivity index (χ1v) is 7.36. The molecule has 0 aliphatic carbocycles. The van der Waals surface area contributed by atoms with Crippen LogP contribution in [0.5, 0.6) is 0 Å². The molecule has 0 bridgehead atoms. The molecule has 0 aliphatic heterocycles. The molecule has 0 aromatic heterocycles. The van der Waals surface area contributed by atoms with Crippen LogP contribution >= 0.6 is 0 Å². The maximum absolute atomic E-state index is 13.5. The van der Waals surface area contributed by atoms with Crippen LogP contribution in [0.25, 0.3) is 0 Å². The lowest BCUT2D eigenvalue weighted by atomic mass is 10.1. The second-order valence-electron chi connectivity index (χ2n) is 5.06. The van der Waals surface area contributed by atoms with Gasteiger partial charge in [-0.1, -0.05) is 26.0 Å². The number of rotatable bonds is 9. The van der Waals surface area contributed by atoms with Crippen LogP contribution in [-0.2, 0) is 17.8 Å². The summed E-state index contributed by atoms with van der Waals surface area (Å²) in [4.78, 5) is 2.40. The number of hydrogen-bond donors (Lipinski definition) is 1. The Morgan fingerprint density at radius 1 is 1.30 bits per heavy atom. The molecule has 3 nitrogen and oxygen atoms in total. The van der Waals surface area contributed by atoms with E-state index in [1.807, 2.05) is 12.1 Å². The van der Waals surface area contributed by atoms with Gasteiger partial charge in [0, 0.05) is 38.3 Å². The largest absolute Gasteiger partial charge is 0.383 e. The molecule has 0 fully saturated rings. The number of nitrogens with zero attached hydrogens (tertiary/aromatic N) is 1. The fourth-order valence-electron chi connectivity index (χ4n) is 2.52. The fraction of sp³-hybridized carbons (Fsp3) is 0.625. The van der Waals surface area contributed by atoms with Crippen LogP contribution in [0.1, 0.15) is 37.8 Å². The van der Waals surface area contributed by atoms with Crippen molar-refractivity contribution in [3.63, 3.8) is 0 Å². The van der Waals surface area contributed by atoms with Gasteiger partial charge in [0.05, 0.1) is 6.61 Å². The molecule has 0 saturated heterocycles. The number of nitrogens with two attached hydrogens (primary N) is 1. The summed E-state index contributed by atoms with van der Waals surface area (Å²) >= 11 is 0. The molecule has 20 heavy (non-hydrogen) atoms. The number of halogens is 1. The average Bonchev–Trinajstić information content (AvgIpc) is 2.47. The van der Waals surface area contributed by atoms with Crippen molar-refractivity contribution in [1.29, 1.82) is 0 Å². The van der Waals surface area contributed by atoms with Gasteiger partial charge in [0.2, 0.25) is 0 Å². The molecule has 2 N–H and O–H groups in total. The minimum atomic E-state index is -0.220. The van der Waals surface area contributed by atoms with E-state index in [9.17, 15) is 4.39 Å². The molecule has 114 valence electrons. The zero-order valence-corrected chi connectivity index (χ0v) is 12.9. The first kappa shape index (κ1) is 17.1. The van der Waals surface area contributed by atoms with Crippen molar-refractivity contribution in [2.75, 3.05) is 20.3 Å². The van der Waals surface area contributed by atoms with Gasteiger partial charge in [-0.15, -0.1) is 0 Å². The van der Waals surface area contributed by atoms with E-state index < -0.39 is 0 Å². The molecule has 1 rings (SSSR count). The van der Waals surface area contributed by atoms with Crippen molar-refractivity contribution < 1.29 is 9.13 Å². The first-order valence-electron chi connectivity index (χ1n) is 7.36. The molecule has 0 amide bonds. The van der Waals surface area contributed by atoms with Crippen LogP contribution in [0.3, 0.4) is 0 Å². The summed E-state index contributed by atoms with van der Waals surface area (Å²) in [5.74, 6) is -0.220. The highest BCUT2D eigenvalue weighted by molar-refractivity contribution is 5.25. The molecule has 1 aromatic carbocycles. The van der Waals surface area contributed by atoms with Crippen molar-refractivity contribution in [1.82, 2.24) is 4.90 Å². The normalized spacial score (nSPS) is 11.6. The van der Waals surface area contributed by atoms with Gasteiger partial charge < -0.3 is 10.5 Å². The zero-order valence-electron chi connectivity index (χ0n) is 12.9. The maximum atomic E-state index is 13.5. The van der Waals surface area contributed by atoms with E-state index in [1.165, 1.54) is 6.07 Å². The molecular formula is C16H27FN2O. The molecule has 0 spiro atoms. The van der Waals surface area contributed by atoms with Crippen molar-refractivity contribution >= 4 is 0 Å². The van der Waals surface area contributed by atoms with Crippen LogP contribution in [0, 0.1) is 5.82 Å². The molecule has 0 radical (unpaired) electrons. The van der Waals surface area contributed by atoms with E-state index in [0.29, 0.717) is 18.2 Å². The third-order valence-electron chi connectivity index (χ3n) is 3.76. The summed E-state index contributed by atoms with van der Waals surface area (Å²) in [6.07, 6.45) is 2.20. The average molecular weight is 282 g/mol.